The summed E-state index contributed by atoms with van der Waals surface area (Å²) in [6.07, 6.45) is 0. The Balaban J connectivity index is 2.80. The first-order valence-electron chi connectivity index (χ1n) is 7.87. The van der Waals surface area contributed by atoms with Crippen molar-refractivity contribution in [2.75, 3.05) is 37.7 Å². The van der Waals surface area contributed by atoms with Crippen LogP contribution >= 0.6 is 0 Å². The Kier molecular flexibility index (Phi) is 7.43. The fraction of sp³-hybridized carbons (Fsp3) is 0.529. The highest BCUT2D eigenvalue weighted by molar-refractivity contribution is 5.96. The molecule has 0 aliphatic carbocycles. The maximum atomic E-state index is 12.4. The van der Waals surface area contributed by atoms with E-state index >= 15 is 0 Å². The molecule has 122 valence electrons. The lowest BCUT2D eigenvalue weighted by Crippen LogP contribution is -2.36. The monoisotopic (exact) mass is 306 g/mol. The SMILES string of the molecule is CCOC(=O)CN(CC)C(=O)c1ccc(N(CC)CC)cc1. The van der Waals surface area contributed by atoms with Gasteiger partial charge in [0.15, 0.2) is 0 Å². The smallest absolute Gasteiger partial charge is 0.325 e. The molecular formula is C17H26N2O3. The summed E-state index contributed by atoms with van der Waals surface area (Å²) in [6, 6.07) is 7.50. The molecule has 5 heteroatoms. The lowest BCUT2D eigenvalue weighted by molar-refractivity contribution is -0.143. The second-order valence-electron chi connectivity index (χ2n) is 4.84. The van der Waals surface area contributed by atoms with Crippen molar-refractivity contribution in [2.45, 2.75) is 27.7 Å². The zero-order chi connectivity index (χ0) is 16.5. The molecule has 0 N–H and O–H groups in total. The average Bonchev–Trinajstić information content (AvgIpc) is 2.54. The maximum absolute atomic E-state index is 12.4. The summed E-state index contributed by atoms with van der Waals surface area (Å²) in [6.45, 7) is 10.4. The minimum atomic E-state index is -0.377. The van der Waals surface area contributed by atoms with Crippen LogP contribution in [0.15, 0.2) is 24.3 Å². The molecule has 5 nitrogen and oxygen atoms in total. The molecule has 0 radical (unpaired) electrons. The minimum Gasteiger partial charge on any atom is -0.465 e. The van der Waals surface area contributed by atoms with Gasteiger partial charge in [-0.15, -0.1) is 0 Å². The Morgan fingerprint density at radius 3 is 2.00 bits per heavy atom. The highest BCUT2D eigenvalue weighted by Gasteiger charge is 2.18. The van der Waals surface area contributed by atoms with Crippen LogP contribution in [0.25, 0.3) is 0 Å². The molecule has 1 rings (SSSR count). The van der Waals surface area contributed by atoms with Crippen LogP contribution in [-0.4, -0.2) is 49.6 Å². The molecule has 0 aromatic heterocycles. The molecular weight excluding hydrogens is 280 g/mol. The summed E-state index contributed by atoms with van der Waals surface area (Å²) < 4.78 is 4.90. The number of benzene rings is 1. The van der Waals surface area contributed by atoms with Gasteiger partial charge in [0.1, 0.15) is 6.54 Å². The zero-order valence-electron chi connectivity index (χ0n) is 14.0. The molecule has 1 aromatic carbocycles. The number of carbonyl (C=O) groups is 2. The van der Waals surface area contributed by atoms with E-state index in [1.807, 2.05) is 31.2 Å². The molecule has 0 aliphatic rings. The van der Waals surface area contributed by atoms with Gasteiger partial charge in [-0.05, 0) is 52.0 Å². The van der Waals surface area contributed by atoms with Gasteiger partial charge in [-0.1, -0.05) is 0 Å². The molecule has 22 heavy (non-hydrogen) atoms. The van der Waals surface area contributed by atoms with Gasteiger partial charge in [0.2, 0.25) is 0 Å². The first-order valence-corrected chi connectivity index (χ1v) is 7.87. The van der Waals surface area contributed by atoms with E-state index < -0.39 is 0 Å². The lowest BCUT2D eigenvalue weighted by Gasteiger charge is -2.22. The van der Waals surface area contributed by atoms with Crippen molar-refractivity contribution in [3.05, 3.63) is 29.8 Å². The molecule has 0 heterocycles. The number of anilines is 1. The number of nitrogens with zero attached hydrogens (tertiary/aromatic N) is 2. The third-order valence-electron chi connectivity index (χ3n) is 3.54. The summed E-state index contributed by atoms with van der Waals surface area (Å²) >= 11 is 0. The third kappa shape index (κ3) is 4.76. The summed E-state index contributed by atoms with van der Waals surface area (Å²) in [7, 11) is 0. The van der Waals surface area contributed by atoms with Crippen LogP contribution in [0.2, 0.25) is 0 Å². The topological polar surface area (TPSA) is 49.9 Å². The van der Waals surface area contributed by atoms with Crippen molar-refractivity contribution in [1.82, 2.24) is 4.90 Å². The first kappa shape index (κ1) is 18.0. The van der Waals surface area contributed by atoms with Crippen LogP contribution in [0.4, 0.5) is 5.69 Å². The first-order chi connectivity index (χ1) is 10.6. The number of likely N-dealkylation sites (N-methyl/N-ethyl adjacent to an activating group) is 1. The van der Waals surface area contributed by atoms with Gasteiger partial charge in [-0.25, -0.2) is 0 Å². The zero-order valence-corrected chi connectivity index (χ0v) is 14.0. The minimum absolute atomic E-state index is 0.0129. The molecule has 0 fully saturated rings. The van der Waals surface area contributed by atoms with Gasteiger partial charge in [-0.2, -0.15) is 0 Å². The highest BCUT2D eigenvalue weighted by atomic mass is 16.5. The van der Waals surface area contributed by atoms with Gasteiger partial charge in [0, 0.05) is 30.9 Å². The number of amides is 1. The second kappa shape index (κ2) is 9.07. The van der Waals surface area contributed by atoms with Crippen molar-refractivity contribution < 1.29 is 14.3 Å². The number of carbonyl (C=O) groups excluding carboxylic acids is 2. The van der Waals surface area contributed by atoms with E-state index in [9.17, 15) is 9.59 Å². The lowest BCUT2D eigenvalue weighted by atomic mass is 10.1. The predicted molar refractivity (Wildman–Crippen MR) is 88.2 cm³/mol. The Bertz CT molecular complexity index is 481. The predicted octanol–water partition coefficient (Wildman–Crippen LogP) is 2.56. The summed E-state index contributed by atoms with van der Waals surface area (Å²) in [5, 5.41) is 0. The Labute approximate surface area is 132 Å². The Hall–Kier alpha value is -2.04. The number of ether oxygens (including phenoxy) is 1. The Morgan fingerprint density at radius 1 is 0.955 bits per heavy atom. The molecule has 0 spiro atoms. The van der Waals surface area contributed by atoms with Crippen LogP contribution in [0.3, 0.4) is 0 Å². The molecule has 0 bridgehead atoms. The van der Waals surface area contributed by atoms with Crippen LogP contribution in [0.1, 0.15) is 38.1 Å². The third-order valence-corrected chi connectivity index (χ3v) is 3.54. The van der Waals surface area contributed by atoms with Crippen molar-refractivity contribution in [3.8, 4) is 0 Å². The number of esters is 1. The summed E-state index contributed by atoms with van der Waals surface area (Å²) in [4.78, 5) is 27.7. The molecule has 0 saturated heterocycles. The van der Waals surface area contributed by atoms with Crippen LogP contribution in [-0.2, 0) is 9.53 Å². The fourth-order valence-electron chi connectivity index (χ4n) is 2.28. The molecule has 0 aliphatic heterocycles. The van der Waals surface area contributed by atoms with Crippen LogP contribution in [0, 0.1) is 0 Å². The standard InChI is InChI=1S/C17H26N2O3/c1-5-18(6-2)15-11-9-14(10-12-15)17(21)19(7-3)13-16(20)22-8-4/h9-12H,5-8,13H2,1-4H3. The largest absolute Gasteiger partial charge is 0.465 e. The van der Waals surface area contributed by atoms with E-state index in [4.69, 9.17) is 4.74 Å². The number of rotatable bonds is 8. The van der Waals surface area contributed by atoms with Gasteiger partial charge in [-0.3, -0.25) is 9.59 Å². The molecule has 1 amide bonds. The van der Waals surface area contributed by atoms with Crippen LogP contribution < -0.4 is 4.90 Å². The molecule has 0 atom stereocenters. The maximum Gasteiger partial charge on any atom is 0.325 e. The molecule has 0 saturated carbocycles. The van der Waals surface area contributed by atoms with Crippen molar-refractivity contribution in [3.63, 3.8) is 0 Å². The normalized spacial score (nSPS) is 10.2. The van der Waals surface area contributed by atoms with Gasteiger partial charge >= 0.3 is 5.97 Å². The molecule has 1 aromatic rings. The van der Waals surface area contributed by atoms with E-state index in [2.05, 4.69) is 18.7 Å². The summed E-state index contributed by atoms with van der Waals surface area (Å²) in [5.41, 5.74) is 1.68. The van der Waals surface area contributed by atoms with E-state index in [0.717, 1.165) is 18.8 Å². The van der Waals surface area contributed by atoms with Crippen LogP contribution in [0.5, 0.6) is 0 Å². The van der Waals surface area contributed by atoms with Gasteiger partial charge in [0.05, 0.1) is 6.61 Å². The Morgan fingerprint density at radius 2 is 1.55 bits per heavy atom. The highest BCUT2D eigenvalue weighted by Crippen LogP contribution is 2.16. The quantitative estimate of drug-likeness (QED) is 0.693. The second-order valence-corrected chi connectivity index (χ2v) is 4.84. The van der Waals surface area contributed by atoms with Gasteiger partial charge < -0.3 is 14.5 Å². The van der Waals surface area contributed by atoms with E-state index in [1.54, 1.807) is 6.92 Å². The van der Waals surface area contributed by atoms with Crippen molar-refractivity contribution >= 4 is 17.6 Å². The summed E-state index contributed by atoms with van der Waals surface area (Å²) in [5.74, 6) is -0.529. The van der Waals surface area contributed by atoms with Gasteiger partial charge in [0.25, 0.3) is 5.91 Å². The molecule has 0 unspecified atom stereocenters. The fourth-order valence-corrected chi connectivity index (χ4v) is 2.28. The number of hydrogen-bond donors (Lipinski definition) is 0. The van der Waals surface area contributed by atoms with E-state index in [1.165, 1.54) is 4.90 Å². The van der Waals surface area contributed by atoms with E-state index in [0.29, 0.717) is 18.7 Å². The van der Waals surface area contributed by atoms with Crippen molar-refractivity contribution in [2.24, 2.45) is 0 Å². The number of hydrogen-bond acceptors (Lipinski definition) is 4. The average molecular weight is 306 g/mol. The van der Waals surface area contributed by atoms with Crippen molar-refractivity contribution in [1.29, 1.82) is 0 Å². The van der Waals surface area contributed by atoms with E-state index in [-0.39, 0.29) is 18.4 Å².